The van der Waals surface area contributed by atoms with Gasteiger partial charge < -0.3 is 24.7 Å². The predicted molar refractivity (Wildman–Crippen MR) is 93.9 cm³/mol. The number of esters is 2. The van der Waals surface area contributed by atoms with Gasteiger partial charge in [0.05, 0.1) is 12.3 Å². The highest BCUT2D eigenvalue weighted by atomic mass is 16.6. The molecule has 2 N–H and O–H groups in total. The molecule has 0 aromatic carbocycles. The molecule has 2 aromatic heterocycles. The minimum atomic E-state index is -0.980. The zero-order valence-electron chi connectivity index (χ0n) is 15.7. The van der Waals surface area contributed by atoms with Crippen molar-refractivity contribution in [1.29, 1.82) is 0 Å². The maximum Gasteiger partial charge on any atom is 0.334 e. The molecule has 2 aromatic rings. The van der Waals surface area contributed by atoms with Crippen LogP contribution in [-0.2, 0) is 35.3 Å². The first-order valence-corrected chi connectivity index (χ1v) is 8.50. The Labute approximate surface area is 159 Å². The molecule has 3 atom stereocenters. The van der Waals surface area contributed by atoms with Gasteiger partial charge in [0.25, 0.3) is 0 Å². The van der Waals surface area contributed by atoms with E-state index in [-0.39, 0.29) is 31.4 Å². The van der Waals surface area contributed by atoms with Crippen molar-refractivity contribution in [2.24, 2.45) is 0 Å². The molecule has 0 saturated carbocycles. The Hall–Kier alpha value is -2.99. The topological polar surface area (TPSA) is 150 Å². The molecule has 152 valence electrons. The largest absolute Gasteiger partial charge is 0.463 e. The molecule has 28 heavy (non-hydrogen) atoms. The van der Waals surface area contributed by atoms with Gasteiger partial charge in [-0.1, -0.05) is 0 Å². The number of fused-ring (bicyclic) bond motifs is 1. The molecule has 0 spiro atoms. The fraction of sp³-hybridized carbons (Fsp3) is 0.562. The maximum atomic E-state index is 13.0. The quantitative estimate of drug-likeness (QED) is 0.638. The van der Waals surface area contributed by atoms with Crippen molar-refractivity contribution in [2.75, 3.05) is 19.5 Å². The van der Waals surface area contributed by atoms with Crippen LogP contribution in [0, 0.1) is 0 Å². The van der Waals surface area contributed by atoms with E-state index in [1.54, 1.807) is 0 Å². The number of rotatable bonds is 6. The number of hydrogen-bond acceptors (Lipinski definition) is 10. The number of carbonyl (C=O) groups excluding carboxylic acids is 2. The van der Waals surface area contributed by atoms with E-state index >= 15 is 0 Å². The predicted octanol–water partition coefficient (Wildman–Crippen LogP) is -0.439. The zero-order chi connectivity index (χ0) is 20.4. The average Bonchev–Trinajstić information content (AvgIpc) is 3.11. The number of nitrogen functional groups attached to an aromatic ring is 1. The molecule has 0 aliphatic carbocycles. The van der Waals surface area contributed by atoms with E-state index in [1.807, 2.05) is 0 Å². The summed E-state index contributed by atoms with van der Waals surface area (Å²) in [5.74, 6) is -1.03. The second kappa shape index (κ2) is 7.94. The highest BCUT2D eigenvalue weighted by Gasteiger charge is 2.41. The van der Waals surface area contributed by atoms with Gasteiger partial charge in [-0.05, 0) is 0 Å². The highest BCUT2D eigenvalue weighted by Crippen LogP contribution is 2.33. The number of anilines is 1. The van der Waals surface area contributed by atoms with E-state index in [2.05, 4.69) is 9.97 Å². The number of nitrogens with zero attached hydrogens (tertiary/aromatic N) is 4. The lowest BCUT2D eigenvalue weighted by Crippen LogP contribution is -2.34. The molecule has 0 unspecified atom stereocenters. The van der Waals surface area contributed by atoms with Gasteiger partial charge >= 0.3 is 17.6 Å². The average molecular weight is 395 g/mol. The van der Waals surface area contributed by atoms with Crippen molar-refractivity contribution >= 4 is 29.1 Å². The monoisotopic (exact) mass is 395 g/mol. The van der Waals surface area contributed by atoms with Gasteiger partial charge in [-0.25, -0.2) is 14.3 Å². The summed E-state index contributed by atoms with van der Waals surface area (Å²) in [6.45, 7) is 2.45. The normalized spacial score (nSPS) is 21.8. The number of carbonyl (C=O) groups is 2. The third-order valence-electron chi connectivity index (χ3n) is 4.17. The Kier molecular flexibility index (Phi) is 5.61. The van der Waals surface area contributed by atoms with Gasteiger partial charge in [0.2, 0.25) is 5.95 Å². The summed E-state index contributed by atoms with van der Waals surface area (Å²) in [6, 6.07) is 0. The number of methoxy groups -OCH3 is 1. The Morgan fingerprint density at radius 2 is 2.11 bits per heavy atom. The Morgan fingerprint density at radius 3 is 2.75 bits per heavy atom. The number of ether oxygens (including phenoxy) is 4. The van der Waals surface area contributed by atoms with Crippen LogP contribution in [0.4, 0.5) is 5.95 Å². The third kappa shape index (κ3) is 3.82. The second-order valence-corrected chi connectivity index (χ2v) is 6.27. The summed E-state index contributed by atoms with van der Waals surface area (Å²) in [5, 5.41) is 0. The van der Waals surface area contributed by atoms with E-state index in [9.17, 15) is 14.4 Å². The smallest absolute Gasteiger partial charge is 0.334 e. The molecule has 0 amide bonds. The van der Waals surface area contributed by atoms with E-state index in [0.717, 1.165) is 0 Å². The molecule has 12 heteroatoms. The summed E-state index contributed by atoms with van der Waals surface area (Å²) in [4.78, 5) is 43.7. The molecule has 1 saturated heterocycles. The van der Waals surface area contributed by atoms with Crippen LogP contribution in [0.1, 0.15) is 26.5 Å². The lowest BCUT2D eigenvalue weighted by molar-refractivity contribution is -0.153. The van der Waals surface area contributed by atoms with Crippen LogP contribution >= 0.6 is 0 Å². The summed E-state index contributed by atoms with van der Waals surface area (Å²) in [5.41, 5.74) is 5.79. The summed E-state index contributed by atoms with van der Waals surface area (Å²) < 4.78 is 23.8. The van der Waals surface area contributed by atoms with Crippen molar-refractivity contribution in [3.05, 3.63) is 16.7 Å². The molecule has 1 aliphatic rings. The van der Waals surface area contributed by atoms with Gasteiger partial charge in [-0.15, -0.1) is 0 Å². The molecule has 0 bridgehead atoms. The number of aromatic nitrogens is 4. The molecule has 3 heterocycles. The van der Waals surface area contributed by atoms with Crippen LogP contribution in [-0.4, -0.2) is 57.0 Å². The zero-order valence-corrected chi connectivity index (χ0v) is 15.7. The molecular formula is C16H21N5O7. The summed E-state index contributed by atoms with van der Waals surface area (Å²) >= 11 is 0. The van der Waals surface area contributed by atoms with Crippen molar-refractivity contribution in [3.63, 3.8) is 0 Å². The van der Waals surface area contributed by atoms with E-state index in [4.69, 9.17) is 24.7 Å². The standard InChI is InChI=1S/C16H21N5O7/c1-8(22)26-6-10-4-12(27-9(2)23)14(28-10)21-13-11(5-18-15(17)19-13)20(7-25-3)16(21)24/h5,10,12,14H,4,6-7H2,1-3H3,(H2,17,18,19)/t10-,12+,14+/m0/s1. The van der Waals surface area contributed by atoms with Gasteiger partial charge in [0.1, 0.15) is 25.0 Å². The molecule has 0 radical (unpaired) electrons. The summed E-state index contributed by atoms with van der Waals surface area (Å²) in [6.07, 6.45) is -0.687. The minimum absolute atomic E-state index is 0.0330. The van der Waals surface area contributed by atoms with E-state index in [1.165, 1.54) is 36.3 Å². The fourth-order valence-electron chi connectivity index (χ4n) is 3.13. The van der Waals surface area contributed by atoms with Crippen LogP contribution < -0.4 is 11.4 Å². The van der Waals surface area contributed by atoms with Crippen molar-refractivity contribution in [1.82, 2.24) is 19.1 Å². The molecule has 1 aliphatic heterocycles. The van der Waals surface area contributed by atoms with Crippen LogP contribution in [0.3, 0.4) is 0 Å². The van der Waals surface area contributed by atoms with Gasteiger partial charge in [-0.3, -0.25) is 14.2 Å². The number of hydrogen-bond donors (Lipinski definition) is 1. The number of imidazole rings is 1. The van der Waals surface area contributed by atoms with Crippen molar-refractivity contribution < 1.29 is 28.5 Å². The molecule has 1 fully saturated rings. The van der Waals surface area contributed by atoms with Crippen LogP contribution in [0.15, 0.2) is 11.0 Å². The SMILES string of the molecule is COCn1c(=O)n([C@@H]2O[C@H](COC(C)=O)C[C@H]2OC(C)=O)c2nc(N)ncc21. The van der Waals surface area contributed by atoms with Crippen molar-refractivity contribution in [3.8, 4) is 0 Å². The Balaban J connectivity index is 2.05. The lowest BCUT2D eigenvalue weighted by Gasteiger charge is -2.19. The van der Waals surface area contributed by atoms with Gasteiger partial charge in [0.15, 0.2) is 11.9 Å². The van der Waals surface area contributed by atoms with Crippen LogP contribution in [0.2, 0.25) is 0 Å². The molecule has 3 rings (SSSR count). The van der Waals surface area contributed by atoms with Gasteiger partial charge in [-0.2, -0.15) is 4.98 Å². The first-order valence-electron chi connectivity index (χ1n) is 8.50. The second-order valence-electron chi connectivity index (χ2n) is 6.27. The summed E-state index contributed by atoms with van der Waals surface area (Å²) in [7, 11) is 1.44. The Morgan fingerprint density at radius 1 is 1.36 bits per heavy atom. The first-order chi connectivity index (χ1) is 13.3. The van der Waals surface area contributed by atoms with Crippen LogP contribution in [0.5, 0.6) is 0 Å². The Bertz CT molecular complexity index is 953. The molecule has 12 nitrogen and oxygen atoms in total. The van der Waals surface area contributed by atoms with E-state index in [0.29, 0.717) is 5.52 Å². The number of nitrogens with two attached hydrogens (primary N) is 1. The van der Waals surface area contributed by atoms with Crippen molar-refractivity contribution in [2.45, 2.75) is 45.4 Å². The highest BCUT2D eigenvalue weighted by molar-refractivity contribution is 5.72. The fourth-order valence-corrected chi connectivity index (χ4v) is 3.13. The minimum Gasteiger partial charge on any atom is -0.463 e. The lowest BCUT2D eigenvalue weighted by atomic mass is 10.2. The third-order valence-corrected chi connectivity index (χ3v) is 4.17. The maximum absolute atomic E-state index is 13.0. The van der Waals surface area contributed by atoms with Crippen LogP contribution in [0.25, 0.3) is 11.2 Å². The van der Waals surface area contributed by atoms with Gasteiger partial charge in [0, 0.05) is 27.4 Å². The molecular weight excluding hydrogens is 374 g/mol. The first kappa shape index (κ1) is 19.8. The van der Waals surface area contributed by atoms with E-state index < -0.39 is 36.1 Å².